The topological polar surface area (TPSA) is 65.8 Å². The van der Waals surface area contributed by atoms with Crippen LogP contribution in [0.3, 0.4) is 0 Å². The number of carbonyl (C=O) groups is 1. The number of benzene rings is 2. The third kappa shape index (κ3) is 6.64. The smallest absolute Gasteiger partial charge is 0.338 e. The Morgan fingerprint density at radius 2 is 1.84 bits per heavy atom. The zero-order valence-corrected chi connectivity index (χ0v) is 23.1. The largest absolute Gasteiger partial charge is 0.465 e. The Bertz CT molecular complexity index is 1250. The highest BCUT2D eigenvalue weighted by Gasteiger charge is 2.23. The monoisotopic (exact) mass is 517 g/mol. The Morgan fingerprint density at radius 3 is 2.53 bits per heavy atom. The van der Waals surface area contributed by atoms with Gasteiger partial charge in [-0.3, -0.25) is 4.68 Å². The van der Waals surface area contributed by atoms with Gasteiger partial charge in [0.1, 0.15) is 5.75 Å². The number of aromatic nitrogens is 2. The van der Waals surface area contributed by atoms with Crippen molar-refractivity contribution >= 4 is 17.2 Å². The van der Waals surface area contributed by atoms with Gasteiger partial charge in [0.15, 0.2) is 6.29 Å². The molecule has 0 saturated heterocycles. The summed E-state index contributed by atoms with van der Waals surface area (Å²) >= 11 is 0. The van der Waals surface area contributed by atoms with Crippen molar-refractivity contribution in [2.24, 2.45) is 0 Å². The van der Waals surface area contributed by atoms with E-state index in [1.54, 1.807) is 0 Å². The molecule has 1 aliphatic heterocycles. The number of hydrogen-bond donors (Lipinski definition) is 0. The van der Waals surface area contributed by atoms with E-state index in [0.717, 1.165) is 59.5 Å². The van der Waals surface area contributed by atoms with E-state index in [0.29, 0.717) is 24.8 Å². The van der Waals surface area contributed by atoms with E-state index in [2.05, 4.69) is 55.2 Å². The fraction of sp³-hybridized carbons (Fsp3) is 0.419. The van der Waals surface area contributed by atoms with E-state index in [-0.39, 0.29) is 12.3 Å². The molecular formula is C31H39N3O4. The molecule has 3 aromatic rings. The molecule has 0 radical (unpaired) electrons. The van der Waals surface area contributed by atoms with Gasteiger partial charge in [0, 0.05) is 42.1 Å². The van der Waals surface area contributed by atoms with Gasteiger partial charge in [0.2, 0.25) is 0 Å². The van der Waals surface area contributed by atoms with Crippen LogP contribution in [-0.4, -0.2) is 42.3 Å². The van der Waals surface area contributed by atoms with Crippen LogP contribution in [0.5, 0.6) is 5.75 Å². The minimum Gasteiger partial charge on any atom is -0.465 e. The molecule has 2 aromatic carbocycles. The predicted molar refractivity (Wildman–Crippen MR) is 151 cm³/mol. The van der Waals surface area contributed by atoms with Gasteiger partial charge in [-0.15, -0.1) is 0 Å². The van der Waals surface area contributed by atoms with Crippen LogP contribution in [0, 0.1) is 0 Å². The summed E-state index contributed by atoms with van der Waals surface area (Å²) in [6.07, 6.45) is 8.57. The number of unbranched alkanes of at least 4 members (excludes halogenated alkanes) is 1. The summed E-state index contributed by atoms with van der Waals surface area (Å²) in [6, 6.07) is 14.6. The summed E-state index contributed by atoms with van der Waals surface area (Å²) in [5.74, 6) is 0.439. The zero-order chi connectivity index (χ0) is 27.1. The molecule has 1 aromatic heterocycles. The summed E-state index contributed by atoms with van der Waals surface area (Å²) in [5.41, 5.74) is 5.69. The molecule has 38 heavy (non-hydrogen) atoms. The number of nitrogens with zero attached hydrogens (tertiary/aromatic N) is 3. The second kappa shape index (κ2) is 12.8. The van der Waals surface area contributed by atoms with Gasteiger partial charge >= 0.3 is 5.97 Å². The summed E-state index contributed by atoms with van der Waals surface area (Å²) < 4.78 is 18.7. The number of methoxy groups -OCH3 is 1. The van der Waals surface area contributed by atoms with E-state index < -0.39 is 0 Å². The van der Waals surface area contributed by atoms with Crippen molar-refractivity contribution in [3.63, 3.8) is 0 Å². The summed E-state index contributed by atoms with van der Waals surface area (Å²) in [7, 11) is 1.43. The molecule has 7 heteroatoms. The number of esters is 1. The Balaban J connectivity index is 1.59. The van der Waals surface area contributed by atoms with Gasteiger partial charge in [-0.1, -0.05) is 37.6 Å². The Hall–Kier alpha value is -3.58. The molecule has 4 rings (SSSR count). The molecule has 7 nitrogen and oxygen atoms in total. The van der Waals surface area contributed by atoms with Crippen LogP contribution in [0.4, 0.5) is 5.69 Å². The van der Waals surface area contributed by atoms with Crippen LogP contribution >= 0.6 is 0 Å². The lowest BCUT2D eigenvalue weighted by atomic mass is 9.97. The first-order valence-electron chi connectivity index (χ1n) is 13.5. The van der Waals surface area contributed by atoms with Crippen molar-refractivity contribution in [2.45, 2.75) is 65.8 Å². The third-order valence-corrected chi connectivity index (χ3v) is 6.68. The molecule has 1 atom stereocenters. The minimum absolute atomic E-state index is 0.300. The van der Waals surface area contributed by atoms with Crippen molar-refractivity contribution in [3.8, 4) is 16.9 Å². The van der Waals surface area contributed by atoms with Crippen LogP contribution in [0.2, 0.25) is 0 Å². The molecular weight excluding hydrogens is 478 g/mol. The molecule has 0 spiro atoms. The number of carbonyl (C=O) groups excluding carboxylic acids is 1. The molecule has 0 aliphatic carbocycles. The fourth-order valence-corrected chi connectivity index (χ4v) is 4.58. The van der Waals surface area contributed by atoms with E-state index in [9.17, 15) is 4.79 Å². The average molecular weight is 518 g/mol. The molecule has 202 valence electrons. The first-order chi connectivity index (χ1) is 18.4. The number of ether oxygens (including phenoxy) is 3. The van der Waals surface area contributed by atoms with Crippen LogP contribution < -0.4 is 9.64 Å². The van der Waals surface area contributed by atoms with E-state index >= 15 is 0 Å². The lowest BCUT2D eigenvalue weighted by Gasteiger charge is -2.25. The highest BCUT2D eigenvalue weighted by atomic mass is 16.7. The number of hydrogen-bond acceptors (Lipinski definition) is 6. The van der Waals surface area contributed by atoms with Crippen LogP contribution in [0.1, 0.15) is 64.1 Å². The average Bonchev–Trinajstić information content (AvgIpc) is 3.32. The van der Waals surface area contributed by atoms with Crippen LogP contribution in [0.15, 0.2) is 60.9 Å². The van der Waals surface area contributed by atoms with Gasteiger partial charge in [0.25, 0.3) is 0 Å². The van der Waals surface area contributed by atoms with Crippen molar-refractivity contribution in [1.29, 1.82) is 0 Å². The molecule has 2 heterocycles. The molecule has 0 N–H and O–H groups in total. The van der Waals surface area contributed by atoms with E-state index in [1.807, 2.05) is 48.1 Å². The van der Waals surface area contributed by atoms with Crippen LogP contribution in [-0.2, 0) is 20.8 Å². The van der Waals surface area contributed by atoms with Crippen molar-refractivity contribution in [2.75, 3.05) is 25.2 Å². The first kappa shape index (κ1) is 27.5. The van der Waals surface area contributed by atoms with Crippen molar-refractivity contribution < 1.29 is 19.0 Å². The molecule has 1 unspecified atom stereocenters. The molecule has 0 amide bonds. The maximum atomic E-state index is 12.8. The lowest BCUT2D eigenvalue weighted by molar-refractivity contribution is -0.133. The van der Waals surface area contributed by atoms with Gasteiger partial charge in [-0.05, 0) is 69.0 Å². The SMILES string of the molecule is CCCCOC(C)Oc1ccc(-c2ccc3c(c2)C(C(=O)OC)=CCCN3Cc2cnn(C(C)C)c2)cc1. The minimum atomic E-state index is -0.321. The van der Waals surface area contributed by atoms with Gasteiger partial charge in [-0.2, -0.15) is 5.10 Å². The van der Waals surface area contributed by atoms with E-state index in [4.69, 9.17) is 14.2 Å². The third-order valence-electron chi connectivity index (χ3n) is 6.68. The van der Waals surface area contributed by atoms with E-state index in [1.165, 1.54) is 7.11 Å². The van der Waals surface area contributed by atoms with Gasteiger partial charge in [-0.25, -0.2) is 4.79 Å². The highest BCUT2D eigenvalue weighted by Crippen LogP contribution is 2.36. The quantitative estimate of drug-likeness (QED) is 0.161. The van der Waals surface area contributed by atoms with Crippen LogP contribution in [0.25, 0.3) is 16.7 Å². The number of fused-ring (bicyclic) bond motifs is 1. The zero-order valence-electron chi connectivity index (χ0n) is 23.1. The summed E-state index contributed by atoms with van der Waals surface area (Å²) in [6.45, 7) is 10.5. The van der Waals surface area contributed by atoms with Crippen molar-refractivity contribution in [3.05, 3.63) is 72.1 Å². The maximum Gasteiger partial charge on any atom is 0.338 e. The van der Waals surface area contributed by atoms with Gasteiger partial charge < -0.3 is 19.1 Å². The summed E-state index contributed by atoms with van der Waals surface area (Å²) in [5, 5.41) is 4.50. The second-order valence-corrected chi connectivity index (χ2v) is 9.91. The maximum absolute atomic E-state index is 12.8. The van der Waals surface area contributed by atoms with Gasteiger partial charge in [0.05, 0.1) is 25.5 Å². The second-order valence-electron chi connectivity index (χ2n) is 9.91. The normalized spacial score (nSPS) is 14.1. The molecule has 0 bridgehead atoms. The first-order valence-corrected chi connectivity index (χ1v) is 13.5. The molecule has 1 aliphatic rings. The molecule has 0 fully saturated rings. The van der Waals surface area contributed by atoms with Crippen molar-refractivity contribution in [1.82, 2.24) is 9.78 Å². The fourth-order valence-electron chi connectivity index (χ4n) is 4.58. The lowest BCUT2D eigenvalue weighted by Crippen LogP contribution is -2.23. The highest BCUT2D eigenvalue weighted by molar-refractivity contribution is 6.18. The standard InChI is InChI=1S/C31H39N3O4/c1-6-7-17-37-23(4)38-27-13-10-25(11-14-27)26-12-15-30-29(18-26)28(31(35)36-5)9-8-16-33(30)20-24-19-32-34(21-24)22(2)3/h9-15,18-19,21-23H,6-8,16-17,20H2,1-5H3. The predicted octanol–water partition coefficient (Wildman–Crippen LogP) is 6.64. The summed E-state index contributed by atoms with van der Waals surface area (Å²) in [4.78, 5) is 15.1. The molecule has 0 saturated carbocycles. The number of anilines is 1. The Morgan fingerprint density at radius 1 is 1.08 bits per heavy atom. The Labute approximate surface area is 226 Å². The number of rotatable bonds is 11. The Kier molecular flexibility index (Phi) is 9.24.